The number of nitrogens with zero attached hydrogens (tertiary/aromatic N) is 2. The third-order valence-corrected chi connectivity index (χ3v) is 3.95. The molecule has 0 saturated carbocycles. The van der Waals surface area contributed by atoms with Crippen LogP contribution in [0.5, 0.6) is 11.5 Å². The number of hydrogen-bond acceptors (Lipinski definition) is 4. The number of rotatable bonds is 8. The lowest BCUT2D eigenvalue weighted by atomic mass is 10.2. The van der Waals surface area contributed by atoms with Crippen molar-refractivity contribution < 1.29 is 18.7 Å². The molecule has 1 N–H and O–H groups in total. The van der Waals surface area contributed by atoms with Gasteiger partial charge in [0.2, 0.25) is 0 Å². The minimum Gasteiger partial charge on any atom is -0.490 e. The van der Waals surface area contributed by atoms with Gasteiger partial charge in [0.15, 0.2) is 17.3 Å². The molecule has 0 aliphatic heterocycles. The summed E-state index contributed by atoms with van der Waals surface area (Å²) in [6.07, 6.45) is 1.75. The number of benzene rings is 2. The van der Waals surface area contributed by atoms with Crippen molar-refractivity contribution in [1.82, 2.24) is 9.78 Å². The molecular formula is C21H22FN3O3. The van der Waals surface area contributed by atoms with Crippen LogP contribution in [-0.2, 0) is 6.54 Å². The van der Waals surface area contributed by atoms with Crippen LogP contribution in [0.3, 0.4) is 0 Å². The van der Waals surface area contributed by atoms with Crippen LogP contribution in [0.4, 0.5) is 10.2 Å². The molecule has 1 heterocycles. The summed E-state index contributed by atoms with van der Waals surface area (Å²) in [6.45, 7) is 5.22. The molecule has 0 radical (unpaired) electrons. The van der Waals surface area contributed by atoms with Crippen LogP contribution in [0.1, 0.15) is 29.8 Å². The Morgan fingerprint density at radius 1 is 1.04 bits per heavy atom. The lowest BCUT2D eigenvalue weighted by Gasteiger charge is -2.12. The van der Waals surface area contributed by atoms with Gasteiger partial charge in [0, 0.05) is 17.8 Å². The highest BCUT2D eigenvalue weighted by molar-refractivity contribution is 6.04. The maximum Gasteiger partial charge on any atom is 0.257 e. The highest BCUT2D eigenvalue weighted by atomic mass is 19.1. The van der Waals surface area contributed by atoms with E-state index in [0.717, 1.165) is 5.56 Å². The second-order valence-electron chi connectivity index (χ2n) is 6.01. The first-order valence-corrected chi connectivity index (χ1v) is 9.08. The van der Waals surface area contributed by atoms with Gasteiger partial charge in [-0.15, -0.1) is 0 Å². The molecule has 0 aliphatic rings. The Hall–Kier alpha value is -3.35. The highest BCUT2D eigenvalue weighted by Gasteiger charge is 2.13. The number of hydrogen-bond donors (Lipinski definition) is 1. The number of aromatic nitrogens is 2. The van der Waals surface area contributed by atoms with E-state index in [4.69, 9.17) is 9.47 Å². The Morgan fingerprint density at radius 2 is 1.75 bits per heavy atom. The molecule has 0 bridgehead atoms. The molecule has 0 spiro atoms. The summed E-state index contributed by atoms with van der Waals surface area (Å²) in [5.41, 5.74) is 1.36. The highest BCUT2D eigenvalue weighted by Crippen LogP contribution is 2.28. The molecule has 7 heteroatoms. The smallest absolute Gasteiger partial charge is 0.257 e. The van der Waals surface area contributed by atoms with Crippen LogP contribution in [0.15, 0.2) is 54.7 Å². The summed E-state index contributed by atoms with van der Waals surface area (Å²) >= 11 is 0. The zero-order valence-corrected chi connectivity index (χ0v) is 15.8. The molecule has 0 unspecified atom stereocenters. The lowest BCUT2D eigenvalue weighted by Crippen LogP contribution is -2.13. The standard InChI is InChI=1S/C21H22FN3O3/c1-3-27-18-10-7-16(13-19(18)28-4-2)21(26)23-20-11-12-25(24-20)14-15-5-8-17(22)9-6-15/h5-13H,3-4,14H2,1-2H3,(H,23,24,26). The number of amides is 1. The first-order chi connectivity index (χ1) is 13.6. The normalized spacial score (nSPS) is 10.5. The van der Waals surface area contributed by atoms with Crippen molar-refractivity contribution in [2.75, 3.05) is 18.5 Å². The van der Waals surface area contributed by atoms with Crippen LogP contribution >= 0.6 is 0 Å². The number of anilines is 1. The summed E-state index contributed by atoms with van der Waals surface area (Å²) in [4.78, 5) is 12.5. The second-order valence-corrected chi connectivity index (χ2v) is 6.01. The van der Waals surface area contributed by atoms with Crippen molar-refractivity contribution >= 4 is 11.7 Å². The van der Waals surface area contributed by atoms with Gasteiger partial charge in [0.1, 0.15) is 5.82 Å². The first-order valence-electron chi connectivity index (χ1n) is 9.08. The fraction of sp³-hybridized carbons (Fsp3) is 0.238. The van der Waals surface area contributed by atoms with Gasteiger partial charge in [-0.25, -0.2) is 4.39 Å². The van der Waals surface area contributed by atoms with Crippen LogP contribution in [-0.4, -0.2) is 28.9 Å². The number of ether oxygens (including phenoxy) is 2. The Balaban J connectivity index is 1.68. The Bertz CT molecular complexity index is 938. The Labute approximate surface area is 162 Å². The second kappa shape index (κ2) is 9.03. The van der Waals surface area contributed by atoms with Gasteiger partial charge in [0.05, 0.1) is 19.8 Å². The molecule has 0 fully saturated rings. The fourth-order valence-corrected chi connectivity index (χ4v) is 2.67. The summed E-state index contributed by atoms with van der Waals surface area (Å²) in [5, 5.41) is 7.10. The average Bonchev–Trinajstić information content (AvgIpc) is 3.12. The van der Waals surface area contributed by atoms with E-state index >= 15 is 0 Å². The molecule has 3 rings (SSSR count). The Kier molecular flexibility index (Phi) is 6.26. The van der Waals surface area contributed by atoms with E-state index in [1.807, 2.05) is 13.8 Å². The summed E-state index contributed by atoms with van der Waals surface area (Å²) in [7, 11) is 0. The molecule has 3 aromatic rings. The summed E-state index contributed by atoms with van der Waals surface area (Å²) in [5.74, 6) is 0.984. The van der Waals surface area contributed by atoms with Crippen LogP contribution in [0.2, 0.25) is 0 Å². The minimum absolute atomic E-state index is 0.279. The molecule has 1 amide bonds. The predicted molar refractivity (Wildman–Crippen MR) is 104 cm³/mol. The van der Waals surface area contributed by atoms with Gasteiger partial charge in [-0.05, 0) is 49.7 Å². The maximum absolute atomic E-state index is 13.0. The lowest BCUT2D eigenvalue weighted by molar-refractivity contribution is 0.102. The Morgan fingerprint density at radius 3 is 2.46 bits per heavy atom. The quantitative estimate of drug-likeness (QED) is 0.635. The third kappa shape index (κ3) is 4.88. The molecule has 28 heavy (non-hydrogen) atoms. The monoisotopic (exact) mass is 383 g/mol. The van der Waals surface area contributed by atoms with E-state index in [1.165, 1.54) is 12.1 Å². The molecule has 146 valence electrons. The van der Waals surface area contributed by atoms with Crippen LogP contribution in [0, 0.1) is 5.82 Å². The zero-order valence-electron chi connectivity index (χ0n) is 15.8. The van der Waals surface area contributed by atoms with E-state index in [9.17, 15) is 9.18 Å². The average molecular weight is 383 g/mol. The molecule has 0 atom stereocenters. The van der Waals surface area contributed by atoms with Crippen molar-refractivity contribution in [1.29, 1.82) is 0 Å². The molecule has 0 saturated heterocycles. The van der Waals surface area contributed by atoms with Gasteiger partial charge < -0.3 is 14.8 Å². The maximum atomic E-state index is 13.0. The molecule has 1 aromatic heterocycles. The van der Waals surface area contributed by atoms with Gasteiger partial charge in [0.25, 0.3) is 5.91 Å². The van der Waals surface area contributed by atoms with Gasteiger partial charge in [-0.2, -0.15) is 5.10 Å². The zero-order chi connectivity index (χ0) is 19.9. The summed E-state index contributed by atoms with van der Waals surface area (Å²) < 4.78 is 25.7. The minimum atomic E-state index is -0.295. The van der Waals surface area contributed by atoms with Crippen LogP contribution in [0.25, 0.3) is 0 Å². The number of carbonyl (C=O) groups is 1. The van der Waals surface area contributed by atoms with Crippen molar-refractivity contribution in [3.63, 3.8) is 0 Å². The van der Waals surface area contributed by atoms with Gasteiger partial charge >= 0.3 is 0 Å². The third-order valence-electron chi connectivity index (χ3n) is 3.95. The summed E-state index contributed by atoms with van der Waals surface area (Å²) in [6, 6.07) is 13.0. The molecule has 0 aliphatic carbocycles. The number of carbonyl (C=O) groups excluding carboxylic acids is 1. The van der Waals surface area contributed by atoms with E-state index in [-0.39, 0.29) is 11.7 Å². The first kappa shape index (κ1) is 19.4. The van der Waals surface area contributed by atoms with E-state index in [0.29, 0.717) is 42.6 Å². The SMILES string of the molecule is CCOc1ccc(C(=O)Nc2ccn(Cc3ccc(F)cc3)n2)cc1OCC. The van der Waals surface area contributed by atoms with Crippen molar-refractivity contribution in [3.05, 3.63) is 71.7 Å². The topological polar surface area (TPSA) is 65.4 Å². The van der Waals surface area contributed by atoms with Crippen molar-refractivity contribution in [2.45, 2.75) is 20.4 Å². The van der Waals surface area contributed by atoms with Crippen LogP contribution < -0.4 is 14.8 Å². The largest absolute Gasteiger partial charge is 0.490 e. The van der Waals surface area contributed by atoms with Gasteiger partial charge in [-0.3, -0.25) is 9.48 Å². The number of nitrogens with one attached hydrogen (secondary N) is 1. The van der Waals surface area contributed by atoms with E-state index < -0.39 is 0 Å². The van der Waals surface area contributed by atoms with E-state index in [2.05, 4.69) is 10.4 Å². The van der Waals surface area contributed by atoms with Gasteiger partial charge in [-0.1, -0.05) is 12.1 Å². The molecular weight excluding hydrogens is 361 g/mol. The van der Waals surface area contributed by atoms with E-state index in [1.54, 1.807) is 47.3 Å². The van der Waals surface area contributed by atoms with Crippen molar-refractivity contribution in [2.24, 2.45) is 0 Å². The fourth-order valence-electron chi connectivity index (χ4n) is 2.67. The molecule has 2 aromatic carbocycles. The number of halogens is 1. The van der Waals surface area contributed by atoms with Crippen molar-refractivity contribution in [3.8, 4) is 11.5 Å². The molecule has 6 nitrogen and oxygen atoms in total. The predicted octanol–water partition coefficient (Wildman–Crippen LogP) is 4.12.